The molecular weight excluding hydrogens is 238 g/mol. The van der Waals surface area contributed by atoms with Crippen LogP contribution in [0.4, 0.5) is 5.82 Å². The second kappa shape index (κ2) is 8.88. The van der Waals surface area contributed by atoms with E-state index in [0.717, 1.165) is 38.5 Å². The van der Waals surface area contributed by atoms with E-state index in [2.05, 4.69) is 49.1 Å². The van der Waals surface area contributed by atoms with Crippen LogP contribution in [0.2, 0.25) is 0 Å². The predicted octanol–water partition coefficient (Wildman–Crippen LogP) is 2.76. The van der Waals surface area contributed by atoms with Crippen molar-refractivity contribution >= 4 is 5.82 Å². The first-order valence-corrected chi connectivity index (χ1v) is 7.11. The van der Waals surface area contributed by atoms with E-state index in [0.29, 0.717) is 6.10 Å². The van der Waals surface area contributed by atoms with Crippen molar-refractivity contribution in [3.8, 4) is 0 Å². The van der Waals surface area contributed by atoms with Gasteiger partial charge in [0.05, 0.1) is 12.7 Å². The molecule has 1 aromatic heterocycles. The number of nitrogens with zero attached hydrogens (tertiary/aromatic N) is 2. The molecule has 0 aliphatic heterocycles. The van der Waals surface area contributed by atoms with Gasteiger partial charge in [-0.25, -0.2) is 4.98 Å². The van der Waals surface area contributed by atoms with Crippen molar-refractivity contribution in [3.05, 3.63) is 23.9 Å². The fourth-order valence-electron chi connectivity index (χ4n) is 1.78. The maximum absolute atomic E-state index is 5.57. The molecule has 1 aromatic rings. The summed E-state index contributed by atoms with van der Waals surface area (Å²) in [4.78, 5) is 6.67. The second-order valence-corrected chi connectivity index (χ2v) is 5.10. The van der Waals surface area contributed by atoms with Crippen molar-refractivity contribution in [1.29, 1.82) is 0 Å². The van der Waals surface area contributed by atoms with Crippen molar-refractivity contribution in [2.75, 3.05) is 32.1 Å². The van der Waals surface area contributed by atoms with Gasteiger partial charge < -0.3 is 10.1 Å². The first-order valence-electron chi connectivity index (χ1n) is 7.11. The number of hydrogen-bond acceptors (Lipinski definition) is 4. The molecule has 4 nitrogen and oxygen atoms in total. The molecule has 0 radical (unpaired) electrons. The Morgan fingerprint density at radius 3 is 2.89 bits per heavy atom. The third-order valence-corrected chi connectivity index (χ3v) is 2.80. The lowest BCUT2D eigenvalue weighted by Crippen LogP contribution is -2.24. The highest BCUT2D eigenvalue weighted by molar-refractivity contribution is 5.43. The fraction of sp³-hybridized carbons (Fsp3) is 0.667. The Morgan fingerprint density at radius 2 is 2.21 bits per heavy atom. The van der Waals surface area contributed by atoms with Crippen LogP contribution in [0.5, 0.6) is 0 Å². The van der Waals surface area contributed by atoms with E-state index in [1.165, 1.54) is 5.56 Å². The average molecular weight is 265 g/mol. The Kier molecular flexibility index (Phi) is 7.45. The van der Waals surface area contributed by atoms with Crippen molar-refractivity contribution in [2.45, 2.75) is 39.8 Å². The molecule has 0 unspecified atom stereocenters. The Morgan fingerprint density at radius 1 is 1.42 bits per heavy atom. The molecule has 0 atom stereocenters. The second-order valence-electron chi connectivity index (χ2n) is 5.10. The maximum Gasteiger partial charge on any atom is 0.130 e. The molecule has 0 saturated carbocycles. The zero-order valence-electron chi connectivity index (χ0n) is 12.6. The molecule has 4 heteroatoms. The van der Waals surface area contributed by atoms with Crippen molar-refractivity contribution in [2.24, 2.45) is 0 Å². The summed E-state index contributed by atoms with van der Waals surface area (Å²) in [6.07, 6.45) is 3.24. The van der Waals surface area contributed by atoms with E-state index in [9.17, 15) is 0 Å². The molecule has 0 spiro atoms. The number of pyridine rings is 1. The van der Waals surface area contributed by atoms with Crippen LogP contribution in [-0.2, 0) is 11.3 Å². The van der Waals surface area contributed by atoms with E-state index in [1.807, 2.05) is 12.3 Å². The monoisotopic (exact) mass is 265 g/mol. The lowest BCUT2D eigenvalue weighted by atomic mass is 10.2. The molecule has 0 fully saturated rings. The molecule has 108 valence electrons. The highest BCUT2D eigenvalue weighted by atomic mass is 16.5. The van der Waals surface area contributed by atoms with E-state index in [4.69, 9.17) is 4.74 Å². The van der Waals surface area contributed by atoms with Gasteiger partial charge >= 0.3 is 0 Å². The lowest BCUT2D eigenvalue weighted by Gasteiger charge is -2.19. The van der Waals surface area contributed by atoms with Gasteiger partial charge in [0.2, 0.25) is 0 Å². The van der Waals surface area contributed by atoms with Crippen LogP contribution in [0.25, 0.3) is 0 Å². The van der Waals surface area contributed by atoms with Crippen molar-refractivity contribution in [1.82, 2.24) is 9.88 Å². The summed E-state index contributed by atoms with van der Waals surface area (Å²) in [6.45, 7) is 9.84. The molecular formula is C15H27N3O. The molecule has 0 amide bonds. The Bertz CT molecular complexity index is 355. The summed E-state index contributed by atoms with van der Waals surface area (Å²) in [5.74, 6) is 1.00. The number of rotatable bonds is 9. The topological polar surface area (TPSA) is 37.4 Å². The number of aromatic nitrogens is 1. The van der Waals surface area contributed by atoms with Gasteiger partial charge in [-0.15, -0.1) is 0 Å². The molecule has 0 bridgehead atoms. The number of nitrogens with one attached hydrogen (secondary N) is 1. The zero-order chi connectivity index (χ0) is 14.1. The largest absolute Gasteiger partial charge is 0.377 e. The minimum Gasteiger partial charge on any atom is -0.377 e. The van der Waals surface area contributed by atoms with Gasteiger partial charge in [0.25, 0.3) is 0 Å². The standard InChI is InChI=1S/C15H27N3O/c1-5-8-16-15-14(7-6-9-17-15)12-18(4)10-11-19-13(2)3/h6-7,9,13H,5,8,10-12H2,1-4H3,(H,16,17). The summed E-state index contributed by atoms with van der Waals surface area (Å²) >= 11 is 0. The normalized spacial score (nSPS) is 11.3. The van der Waals surface area contributed by atoms with E-state index < -0.39 is 0 Å². The fourth-order valence-corrected chi connectivity index (χ4v) is 1.78. The molecule has 1 rings (SSSR count). The highest BCUT2D eigenvalue weighted by Gasteiger charge is 2.06. The zero-order valence-corrected chi connectivity index (χ0v) is 12.6. The van der Waals surface area contributed by atoms with E-state index >= 15 is 0 Å². The van der Waals surface area contributed by atoms with Crippen LogP contribution in [0.15, 0.2) is 18.3 Å². The molecule has 0 saturated heterocycles. The third-order valence-electron chi connectivity index (χ3n) is 2.80. The summed E-state index contributed by atoms with van der Waals surface area (Å²) < 4.78 is 5.57. The summed E-state index contributed by atoms with van der Waals surface area (Å²) in [5.41, 5.74) is 1.24. The first kappa shape index (κ1) is 15.9. The van der Waals surface area contributed by atoms with Crippen LogP contribution in [0, 0.1) is 0 Å². The van der Waals surface area contributed by atoms with Crippen LogP contribution in [0.1, 0.15) is 32.8 Å². The van der Waals surface area contributed by atoms with Crippen LogP contribution in [-0.4, -0.2) is 42.7 Å². The van der Waals surface area contributed by atoms with Crippen molar-refractivity contribution in [3.63, 3.8) is 0 Å². The Hall–Kier alpha value is -1.13. The third kappa shape index (κ3) is 6.55. The molecule has 0 aliphatic carbocycles. The van der Waals surface area contributed by atoms with Gasteiger partial charge in [0.15, 0.2) is 0 Å². The summed E-state index contributed by atoms with van der Waals surface area (Å²) in [6, 6.07) is 4.12. The summed E-state index contributed by atoms with van der Waals surface area (Å²) in [7, 11) is 2.11. The first-order chi connectivity index (χ1) is 9.13. The van der Waals surface area contributed by atoms with Gasteiger partial charge in [0, 0.05) is 31.4 Å². The minimum atomic E-state index is 0.300. The number of hydrogen-bond donors (Lipinski definition) is 1. The Balaban J connectivity index is 2.46. The number of anilines is 1. The van der Waals surface area contributed by atoms with Crippen molar-refractivity contribution < 1.29 is 4.74 Å². The molecule has 0 aromatic carbocycles. The Labute approximate surface area is 117 Å². The van der Waals surface area contributed by atoms with Gasteiger partial charge in [-0.2, -0.15) is 0 Å². The van der Waals surface area contributed by atoms with Gasteiger partial charge in [-0.3, -0.25) is 4.90 Å². The summed E-state index contributed by atoms with van der Waals surface area (Å²) in [5, 5.41) is 3.37. The molecule has 1 N–H and O–H groups in total. The predicted molar refractivity (Wildman–Crippen MR) is 80.4 cm³/mol. The molecule has 0 aliphatic rings. The molecule has 1 heterocycles. The SMILES string of the molecule is CCCNc1ncccc1CN(C)CCOC(C)C. The van der Waals surface area contributed by atoms with Crippen LogP contribution < -0.4 is 5.32 Å². The van der Waals surface area contributed by atoms with Crippen LogP contribution in [0.3, 0.4) is 0 Å². The lowest BCUT2D eigenvalue weighted by molar-refractivity contribution is 0.0627. The van der Waals surface area contributed by atoms with Gasteiger partial charge in [-0.1, -0.05) is 13.0 Å². The average Bonchev–Trinajstić information content (AvgIpc) is 2.37. The van der Waals surface area contributed by atoms with Crippen LogP contribution >= 0.6 is 0 Å². The highest BCUT2D eigenvalue weighted by Crippen LogP contribution is 2.13. The van der Waals surface area contributed by atoms with Gasteiger partial charge in [-0.05, 0) is 33.4 Å². The number of likely N-dealkylation sites (N-methyl/N-ethyl adjacent to an activating group) is 1. The molecule has 19 heavy (non-hydrogen) atoms. The maximum atomic E-state index is 5.57. The van der Waals surface area contributed by atoms with Gasteiger partial charge in [0.1, 0.15) is 5.82 Å². The smallest absolute Gasteiger partial charge is 0.130 e. The van der Waals surface area contributed by atoms with E-state index in [-0.39, 0.29) is 0 Å². The van der Waals surface area contributed by atoms with E-state index in [1.54, 1.807) is 0 Å². The quantitative estimate of drug-likeness (QED) is 0.745. The minimum absolute atomic E-state index is 0.300. The number of ether oxygens (including phenoxy) is 1.